The van der Waals surface area contributed by atoms with Gasteiger partial charge in [-0.15, -0.1) is 0 Å². The second-order valence-electron chi connectivity index (χ2n) is 2.25. The van der Waals surface area contributed by atoms with Gasteiger partial charge in [0.2, 0.25) is 0 Å². The zero-order valence-corrected chi connectivity index (χ0v) is 6.71. The Hall–Kier alpha value is -0.510. The van der Waals surface area contributed by atoms with Crippen molar-refractivity contribution >= 4 is 11.6 Å². The molecule has 0 unspecified atom stereocenters. The van der Waals surface area contributed by atoms with Crippen LogP contribution in [0.15, 0.2) is 16.7 Å². The van der Waals surface area contributed by atoms with Crippen LogP contribution in [0.2, 0.25) is 5.02 Å². The largest absolute Gasteiger partial charge is 0.466 e. The highest BCUT2D eigenvalue weighted by Crippen LogP contribution is 2.23. The minimum Gasteiger partial charge on any atom is -0.466 e. The van der Waals surface area contributed by atoms with Crippen LogP contribution < -0.4 is 5.73 Å². The maximum absolute atomic E-state index is 8.56. The molecule has 0 aliphatic carbocycles. The fraction of sp³-hybridized carbons (Fsp3) is 0.429. The first kappa shape index (κ1) is 8.59. The van der Waals surface area contributed by atoms with Crippen molar-refractivity contribution in [3.8, 4) is 0 Å². The predicted molar refractivity (Wildman–Crippen MR) is 42.3 cm³/mol. The second kappa shape index (κ2) is 3.76. The molecule has 0 spiro atoms. The topological polar surface area (TPSA) is 59.4 Å². The average molecular weight is 176 g/mol. The van der Waals surface area contributed by atoms with E-state index in [1.807, 2.05) is 0 Å². The summed E-state index contributed by atoms with van der Waals surface area (Å²) in [6, 6.07) is 1.33. The van der Waals surface area contributed by atoms with Gasteiger partial charge in [0, 0.05) is 6.61 Å². The Kier molecular flexibility index (Phi) is 2.93. The maximum atomic E-state index is 8.56. The quantitative estimate of drug-likeness (QED) is 0.729. The Labute approximate surface area is 69.8 Å². The van der Waals surface area contributed by atoms with Crippen molar-refractivity contribution in [1.29, 1.82) is 0 Å². The Morgan fingerprint density at radius 2 is 2.45 bits per heavy atom. The van der Waals surface area contributed by atoms with Crippen LogP contribution in [0.4, 0.5) is 0 Å². The molecule has 0 aromatic carbocycles. The van der Waals surface area contributed by atoms with Gasteiger partial charge in [0.15, 0.2) is 0 Å². The number of rotatable bonds is 3. The van der Waals surface area contributed by atoms with Crippen LogP contribution in [-0.4, -0.2) is 11.7 Å². The van der Waals surface area contributed by atoms with Gasteiger partial charge in [0.25, 0.3) is 0 Å². The third-order valence-electron chi connectivity index (χ3n) is 1.42. The molecule has 0 radical (unpaired) electrons. The van der Waals surface area contributed by atoms with Gasteiger partial charge in [-0.25, -0.2) is 0 Å². The summed E-state index contributed by atoms with van der Waals surface area (Å²) in [6.45, 7) is 0.0399. The first-order valence-corrected chi connectivity index (χ1v) is 3.73. The van der Waals surface area contributed by atoms with Gasteiger partial charge in [0.05, 0.1) is 17.3 Å². The van der Waals surface area contributed by atoms with Crippen molar-refractivity contribution < 1.29 is 9.52 Å². The monoisotopic (exact) mass is 175 g/mol. The molecule has 11 heavy (non-hydrogen) atoms. The van der Waals surface area contributed by atoms with Crippen LogP contribution in [0.5, 0.6) is 0 Å². The van der Waals surface area contributed by atoms with Crippen LogP contribution in [0.3, 0.4) is 0 Å². The zero-order chi connectivity index (χ0) is 8.27. The van der Waals surface area contributed by atoms with Crippen LogP contribution in [0, 0.1) is 0 Å². The van der Waals surface area contributed by atoms with E-state index in [0.29, 0.717) is 17.2 Å². The molecule has 0 fully saturated rings. The average Bonchev–Trinajstić information content (AvgIpc) is 2.36. The second-order valence-corrected chi connectivity index (χ2v) is 2.66. The minimum atomic E-state index is -0.303. The third-order valence-corrected chi connectivity index (χ3v) is 1.73. The van der Waals surface area contributed by atoms with Gasteiger partial charge >= 0.3 is 0 Å². The summed E-state index contributed by atoms with van der Waals surface area (Å²) in [5.74, 6) is 0.542. The number of aliphatic hydroxyl groups excluding tert-OH is 1. The van der Waals surface area contributed by atoms with E-state index in [2.05, 4.69) is 0 Å². The summed E-state index contributed by atoms with van der Waals surface area (Å²) in [6.07, 6.45) is 1.95. The van der Waals surface area contributed by atoms with Crippen LogP contribution in [0.1, 0.15) is 18.2 Å². The van der Waals surface area contributed by atoms with Gasteiger partial charge in [-0.3, -0.25) is 0 Å². The molecular formula is C7H10ClNO2. The number of nitrogens with two attached hydrogens (primary N) is 1. The first-order chi connectivity index (χ1) is 5.25. The van der Waals surface area contributed by atoms with Crippen LogP contribution in [-0.2, 0) is 0 Å². The summed E-state index contributed by atoms with van der Waals surface area (Å²) < 4.78 is 5.01. The lowest BCUT2D eigenvalue weighted by atomic mass is 10.2. The minimum absolute atomic E-state index is 0.0399. The molecule has 0 aliphatic rings. The van der Waals surface area contributed by atoms with Crippen LogP contribution >= 0.6 is 11.6 Å². The SMILES string of the molecule is N[C@@H](CCO)c1occc1Cl. The van der Waals surface area contributed by atoms with Crippen molar-refractivity contribution in [3.05, 3.63) is 23.1 Å². The number of furan rings is 1. The van der Waals surface area contributed by atoms with E-state index >= 15 is 0 Å². The molecule has 1 rings (SSSR count). The molecule has 0 saturated carbocycles. The summed E-state index contributed by atoms with van der Waals surface area (Å²) >= 11 is 5.72. The molecule has 0 bridgehead atoms. The molecule has 1 aromatic heterocycles. The van der Waals surface area contributed by atoms with Crippen molar-refractivity contribution in [3.63, 3.8) is 0 Å². The van der Waals surface area contributed by atoms with Crippen molar-refractivity contribution in [2.75, 3.05) is 6.61 Å². The molecule has 0 aliphatic heterocycles. The van der Waals surface area contributed by atoms with E-state index in [1.54, 1.807) is 6.07 Å². The summed E-state index contributed by atoms with van der Waals surface area (Å²) in [5.41, 5.74) is 5.61. The Morgan fingerprint density at radius 3 is 2.91 bits per heavy atom. The number of hydrogen-bond acceptors (Lipinski definition) is 3. The highest BCUT2D eigenvalue weighted by atomic mass is 35.5. The zero-order valence-electron chi connectivity index (χ0n) is 5.96. The van der Waals surface area contributed by atoms with Crippen molar-refractivity contribution in [2.24, 2.45) is 5.73 Å². The van der Waals surface area contributed by atoms with Crippen LogP contribution in [0.25, 0.3) is 0 Å². The molecule has 62 valence electrons. The maximum Gasteiger partial charge on any atom is 0.139 e. The number of halogens is 1. The molecule has 0 amide bonds. The van der Waals surface area contributed by atoms with E-state index in [9.17, 15) is 0 Å². The van der Waals surface area contributed by atoms with E-state index < -0.39 is 0 Å². The normalized spacial score (nSPS) is 13.4. The van der Waals surface area contributed by atoms with E-state index in [-0.39, 0.29) is 12.6 Å². The molecule has 1 atom stereocenters. The smallest absolute Gasteiger partial charge is 0.139 e. The summed E-state index contributed by atoms with van der Waals surface area (Å²) in [5, 5.41) is 9.08. The lowest BCUT2D eigenvalue weighted by Crippen LogP contribution is -2.11. The van der Waals surface area contributed by atoms with Gasteiger partial charge in [-0.2, -0.15) is 0 Å². The van der Waals surface area contributed by atoms with Gasteiger partial charge in [0.1, 0.15) is 5.76 Å². The molecule has 4 heteroatoms. The Bertz CT molecular complexity index is 224. The van der Waals surface area contributed by atoms with Crippen molar-refractivity contribution in [2.45, 2.75) is 12.5 Å². The standard InChI is InChI=1S/C7H10ClNO2/c8-5-2-4-11-7(5)6(9)1-3-10/h2,4,6,10H,1,3,9H2/t6-/m0/s1. The van der Waals surface area contributed by atoms with Gasteiger partial charge < -0.3 is 15.3 Å². The number of aliphatic hydroxyl groups is 1. The third kappa shape index (κ3) is 1.96. The van der Waals surface area contributed by atoms with Gasteiger partial charge in [-0.05, 0) is 12.5 Å². The Morgan fingerprint density at radius 1 is 1.73 bits per heavy atom. The highest BCUT2D eigenvalue weighted by molar-refractivity contribution is 6.31. The molecule has 0 saturated heterocycles. The van der Waals surface area contributed by atoms with Crippen molar-refractivity contribution in [1.82, 2.24) is 0 Å². The summed E-state index contributed by atoms with van der Waals surface area (Å²) in [7, 11) is 0. The predicted octanol–water partition coefficient (Wildman–Crippen LogP) is 1.32. The molecule has 3 nitrogen and oxygen atoms in total. The first-order valence-electron chi connectivity index (χ1n) is 3.35. The fourth-order valence-corrected chi connectivity index (χ4v) is 1.08. The van der Waals surface area contributed by atoms with E-state index in [1.165, 1.54) is 6.26 Å². The lowest BCUT2D eigenvalue weighted by Gasteiger charge is -2.05. The van der Waals surface area contributed by atoms with Gasteiger partial charge in [-0.1, -0.05) is 11.6 Å². The molecule has 1 aromatic rings. The number of hydrogen-bond donors (Lipinski definition) is 2. The Balaban J connectivity index is 2.67. The van der Waals surface area contributed by atoms with E-state index in [0.717, 1.165) is 0 Å². The molecule has 3 N–H and O–H groups in total. The van der Waals surface area contributed by atoms with E-state index in [4.69, 9.17) is 26.9 Å². The molecule has 1 heterocycles. The fourth-order valence-electron chi connectivity index (χ4n) is 0.840. The highest BCUT2D eigenvalue weighted by Gasteiger charge is 2.12. The lowest BCUT2D eigenvalue weighted by molar-refractivity contribution is 0.269. The summed E-state index contributed by atoms with van der Waals surface area (Å²) in [4.78, 5) is 0. The molecular weight excluding hydrogens is 166 g/mol.